The first-order valence-corrected chi connectivity index (χ1v) is 8.78. The van der Waals surface area contributed by atoms with Crippen LogP contribution in [0.4, 0.5) is 5.69 Å². The van der Waals surface area contributed by atoms with Gasteiger partial charge in [0.25, 0.3) is 5.91 Å². The van der Waals surface area contributed by atoms with E-state index in [1.807, 2.05) is 61.0 Å². The molecule has 2 aromatic carbocycles. The van der Waals surface area contributed by atoms with E-state index in [4.69, 9.17) is 11.6 Å². The van der Waals surface area contributed by atoms with Crippen molar-refractivity contribution in [2.75, 3.05) is 5.32 Å². The monoisotopic (exact) mass is 367 g/mol. The molecular weight excluding hydrogens is 350 g/mol. The molecule has 3 aromatic rings. The summed E-state index contributed by atoms with van der Waals surface area (Å²) in [4.78, 5) is 24.3. The lowest BCUT2D eigenvalue weighted by molar-refractivity contribution is -0.115. The molecule has 132 valence electrons. The van der Waals surface area contributed by atoms with Crippen molar-refractivity contribution in [1.82, 2.24) is 9.88 Å². The molecular formula is C20H18ClN3O2. The van der Waals surface area contributed by atoms with Gasteiger partial charge in [-0.3, -0.25) is 9.59 Å². The Hall–Kier alpha value is -2.79. The second kappa shape index (κ2) is 6.18. The van der Waals surface area contributed by atoms with E-state index in [0.29, 0.717) is 17.1 Å². The number of hydrogen-bond donors (Lipinski definition) is 2. The van der Waals surface area contributed by atoms with Crippen LogP contribution in [0.1, 0.15) is 34.6 Å². The third-order valence-corrected chi connectivity index (χ3v) is 5.08. The second-order valence-corrected chi connectivity index (χ2v) is 7.06. The fourth-order valence-corrected chi connectivity index (χ4v) is 3.56. The predicted molar refractivity (Wildman–Crippen MR) is 103 cm³/mol. The molecule has 6 heteroatoms. The zero-order chi connectivity index (χ0) is 18.4. The molecule has 0 saturated heterocycles. The highest BCUT2D eigenvalue weighted by Crippen LogP contribution is 2.27. The van der Waals surface area contributed by atoms with Crippen molar-refractivity contribution in [3.8, 4) is 0 Å². The first kappa shape index (κ1) is 16.7. The molecule has 2 heterocycles. The van der Waals surface area contributed by atoms with Crippen LogP contribution in [0.5, 0.6) is 0 Å². The average Bonchev–Trinajstić information content (AvgIpc) is 3.13. The summed E-state index contributed by atoms with van der Waals surface area (Å²) in [6, 6.07) is 13.0. The minimum atomic E-state index is -0.176. The highest BCUT2D eigenvalue weighted by atomic mass is 35.5. The highest BCUT2D eigenvalue weighted by Gasteiger charge is 2.20. The Morgan fingerprint density at radius 2 is 2.04 bits per heavy atom. The van der Waals surface area contributed by atoms with E-state index < -0.39 is 0 Å². The van der Waals surface area contributed by atoms with E-state index in [9.17, 15) is 9.59 Å². The third-order valence-electron chi connectivity index (χ3n) is 4.84. The summed E-state index contributed by atoms with van der Waals surface area (Å²) in [6.45, 7) is 1.93. The Balaban J connectivity index is 1.58. The van der Waals surface area contributed by atoms with Crippen molar-refractivity contribution in [2.45, 2.75) is 19.4 Å². The molecule has 0 saturated carbocycles. The number of aromatic nitrogens is 1. The Labute approximate surface area is 155 Å². The minimum absolute atomic E-state index is 0.00278. The minimum Gasteiger partial charge on any atom is -0.344 e. The number of fused-ring (bicyclic) bond motifs is 2. The van der Waals surface area contributed by atoms with Crippen molar-refractivity contribution >= 4 is 40.0 Å². The van der Waals surface area contributed by atoms with Gasteiger partial charge < -0.3 is 15.2 Å². The maximum atomic E-state index is 12.8. The summed E-state index contributed by atoms with van der Waals surface area (Å²) < 4.78 is 1.84. The van der Waals surface area contributed by atoms with Crippen LogP contribution < -0.4 is 10.6 Å². The zero-order valence-corrected chi connectivity index (χ0v) is 15.2. The predicted octanol–water partition coefficient (Wildman–Crippen LogP) is 3.82. The largest absolute Gasteiger partial charge is 0.344 e. The smallest absolute Gasteiger partial charge is 0.268 e. The van der Waals surface area contributed by atoms with Crippen LogP contribution in [0, 0.1) is 0 Å². The molecule has 0 fully saturated rings. The fourth-order valence-electron chi connectivity index (χ4n) is 3.39. The lowest BCUT2D eigenvalue weighted by Crippen LogP contribution is -2.28. The Kier molecular flexibility index (Phi) is 3.96. The molecule has 0 aliphatic carbocycles. The van der Waals surface area contributed by atoms with Gasteiger partial charge in [-0.25, -0.2) is 0 Å². The summed E-state index contributed by atoms with van der Waals surface area (Å²) >= 11 is 6.06. The normalized spacial score (nSPS) is 14.2. The van der Waals surface area contributed by atoms with Gasteiger partial charge in [-0.15, -0.1) is 0 Å². The van der Waals surface area contributed by atoms with E-state index in [1.54, 1.807) is 0 Å². The van der Waals surface area contributed by atoms with E-state index in [1.165, 1.54) is 0 Å². The summed E-state index contributed by atoms with van der Waals surface area (Å²) in [6.07, 6.45) is 0.383. The molecule has 0 radical (unpaired) electrons. The molecule has 2 amide bonds. The summed E-state index contributed by atoms with van der Waals surface area (Å²) in [5.74, 6) is -0.148. The van der Waals surface area contributed by atoms with Gasteiger partial charge in [-0.2, -0.15) is 0 Å². The van der Waals surface area contributed by atoms with Crippen LogP contribution in [0.2, 0.25) is 5.02 Å². The molecule has 5 nitrogen and oxygen atoms in total. The number of halogens is 1. The summed E-state index contributed by atoms with van der Waals surface area (Å²) in [5, 5.41) is 7.46. The lowest BCUT2D eigenvalue weighted by Gasteiger charge is -2.15. The number of carbonyl (C=O) groups is 2. The number of nitrogens with zero attached hydrogens (tertiary/aromatic N) is 1. The van der Waals surface area contributed by atoms with Gasteiger partial charge in [-0.05, 0) is 42.3 Å². The molecule has 2 N–H and O–H groups in total. The molecule has 1 aromatic heterocycles. The fraction of sp³-hybridized carbons (Fsp3) is 0.200. The molecule has 1 unspecified atom stereocenters. The number of anilines is 1. The van der Waals surface area contributed by atoms with Gasteiger partial charge in [0.15, 0.2) is 0 Å². The number of carbonyl (C=O) groups excluding carboxylic acids is 2. The molecule has 26 heavy (non-hydrogen) atoms. The van der Waals surface area contributed by atoms with Gasteiger partial charge in [0.05, 0.1) is 12.5 Å². The summed E-state index contributed by atoms with van der Waals surface area (Å²) in [7, 11) is 1.85. The number of benzene rings is 2. The molecule has 0 bridgehead atoms. The number of aryl methyl sites for hydroxylation is 1. The molecule has 1 aliphatic heterocycles. The van der Waals surface area contributed by atoms with Crippen LogP contribution in [-0.4, -0.2) is 16.4 Å². The van der Waals surface area contributed by atoms with Gasteiger partial charge in [0.2, 0.25) is 5.91 Å². The maximum absolute atomic E-state index is 12.8. The quantitative estimate of drug-likeness (QED) is 0.739. The lowest BCUT2D eigenvalue weighted by atomic mass is 10.0. The van der Waals surface area contributed by atoms with E-state index in [-0.39, 0.29) is 17.9 Å². The van der Waals surface area contributed by atoms with Crippen LogP contribution >= 0.6 is 11.6 Å². The second-order valence-electron chi connectivity index (χ2n) is 6.63. The number of hydrogen-bond acceptors (Lipinski definition) is 2. The first-order chi connectivity index (χ1) is 12.4. The molecule has 4 rings (SSSR count). The van der Waals surface area contributed by atoms with Crippen molar-refractivity contribution in [2.24, 2.45) is 7.05 Å². The maximum Gasteiger partial charge on any atom is 0.268 e. The standard InChI is InChI=1S/C20H18ClN3O2/c1-11(12-4-6-16-14(7-12)9-19(25)23-16)22-20(26)18-8-13-3-5-15(21)10-17(13)24(18)2/h3-8,10-11H,9H2,1-2H3,(H,22,26)(H,23,25). The number of rotatable bonds is 3. The number of amides is 2. The highest BCUT2D eigenvalue weighted by molar-refractivity contribution is 6.31. The Bertz CT molecular complexity index is 1050. The van der Waals surface area contributed by atoms with Crippen LogP contribution in [0.15, 0.2) is 42.5 Å². The molecule has 0 spiro atoms. The third kappa shape index (κ3) is 2.84. The number of nitrogens with one attached hydrogen (secondary N) is 2. The zero-order valence-electron chi connectivity index (χ0n) is 14.5. The Morgan fingerprint density at radius 3 is 2.85 bits per heavy atom. The van der Waals surface area contributed by atoms with E-state index in [2.05, 4.69) is 10.6 Å². The van der Waals surface area contributed by atoms with Crippen molar-refractivity contribution in [1.29, 1.82) is 0 Å². The van der Waals surface area contributed by atoms with Crippen LogP contribution in [0.25, 0.3) is 10.9 Å². The van der Waals surface area contributed by atoms with Gasteiger partial charge in [-0.1, -0.05) is 29.8 Å². The van der Waals surface area contributed by atoms with E-state index >= 15 is 0 Å². The van der Waals surface area contributed by atoms with Crippen molar-refractivity contribution in [3.63, 3.8) is 0 Å². The van der Waals surface area contributed by atoms with E-state index in [0.717, 1.165) is 27.7 Å². The topological polar surface area (TPSA) is 63.1 Å². The van der Waals surface area contributed by atoms with Crippen molar-refractivity contribution in [3.05, 3.63) is 64.3 Å². The first-order valence-electron chi connectivity index (χ1n) is 8.41. The van der Waals surface area contributed by atoms with Crippen LogP contribution in [-0.2, 0) is 18.3 Å². The van der Waals surface area contributed by atoms with Crippen molar-refractivity contribution < 1.29 is 9.59 Å². The molecule has 1 atom stereocenters. The Morgan fingerprint density at radius 1 is 1.23 bits per heavy atom. The van der Waals surface area contributed by atoms with Gasteiger partial charge in [0, 0.05) is 28.7 Å². The van der Waals surface area contributed by atoms with Gasteiger partial charge in [0.1, 0.15) is 5.69 Å². The van der Waals surface area contributed by atoms with Gasteiger partial charge >= 0.3 is 0 Å². The average molecular weight is 368 g/mol. The SMILES string of the molecule is CC(NC(=O)c1cc2ccc(Cl)cc2n1C)c1ccc2c(c1)CC(=O)N2. The van der Waals surface area contributed by atoms with Crippen LogP contribution in [0.3, 0.4) is 0 Å². The summed E-state index contributed by atoms with van der Waals surface area (Å²) in [5.41, 5.74) is 4.27. The molecule has 1 aliphatic rings.